The molecule has 4 aromatic rings. The Kier molecular flexibility index (Phi) is 7.26. The number of hydrogen-bond acceptors (Lipinski definition) is 4. The number of benzene rings is 3. The van der Waals surface area contributed by atoms with Crippen LogP contribution in [0.5, 0.6) is 0 Å². The minimum absolute atomic E-state index is 0.193. The van der Waals surface area contributed by atoms with Gasteiger partial charge in [-0.15, -0.1) is 0 Å². The highest BCUT2D eigenvalue weighted by atomic mass is 16.2. The molecule has 2 heterocycles. The van der Waals surface area contributed by atoms with Gasteiger partial charge in [0.1, 0.15) is 0 Å². The largest absolute Gasteiger partial charge is 0.366 e. The molecule has 2 N–H and O–H groups in total. The molecule has 0 spiro atoms. The molecule has 37 heavy (non-hydrogen) atoms. The van der Waals surface area contributed by atoms with Gasteiger partial charge in [-0.1, -0.05) is 49.4 Å². The number of nitrogens with one attached hydrogen (secondary N) is 2. The van der Waals surface area contributed by atoms with Gasteiger partial charge in [-0.05, 0) is 71.5 Å². The number of carbonyl (C=O) groups excluding carboxylic acids is 2. The molecule has 0 saturated heterocycles. The molecule has 1 aliphatic rings. The predicted octanol–water partition coefficient (Wildman–Crippen LogP) is 5.39. The van der Waals surface area contributed by atoms with E-state index in [-0.39, 0.29) is 11.8 Å². The van der Waals surface area contributed by atoms with Crippen LogP contribution in [0.2, 0.25) is 0 Å². The van der Waals surface area contributed by atoms with Crippen molar-refractivity contribution in [1.82, 2.24) is 10.3 Å². The van der Waals surface area contributed by atoms with Crippen molar-refractivity contribution in [1.29, 1.82) is 0 Å². The third-order valence-corrected chi connectivity index (χ3v) is 6.77. The number of amides is 2. The molecule has 0 fully saturated rings. The Balaban J connectivity index is 1.41. The normalized spacial score (nSPS) is 12.5. The predicted molar refractivity (Wildman–Crippen MR) is 147 cm³/mol. The molecule has 3 aromatic carbocycles. The molecule has 1 aliphatic heterocycles. The Morgan fingerprint density at radius 2 is 1.70 bits per heavy atom. The number of nitrogens with zero attached hydrogens (tertiary/aromatic N) is 2. The molecule has 2 amide bonds. The van der Waals surface area contributed by atoms with E-state index in [4.69, 9.17) is 0 Å². The van der Waals surface area contributed by atoms with E-state index in [2.05, 4.69) is 51.7 Å². The summed E-state index contributed by atoms with van der Waals surface area (Å²) in [6.45, 7) is 4.00. The fourth-order valence-corrected chi connectivity index (χ4v) is 4.65. The van der Waals surface area contributed by atoms with E-state index in [1.807, 2.05) is 48.5 Å². The van der Waals surface area contributed by atoms with Crippen LogP contribution in [-0.4, -0.2) is 23.3 Å². The van der Waals surface area contributed by atoms with E-state index >= 15 is 0 Å². The summed E-state index contributed by atoms with van der Waals surface area (Å²) in [4.78, 5) is 32.7. The summed E-state index contributed by atoms with van der Waals surface area (Å²) in [6.07, 6.45) is 5.28. The van der Waals surface area contributed by atoms with Gasteiger partial charge >= 0.3 is 0 Å². The SMILES string of the molecule is CCc1ccc(C(=O)Nc2ccc(N3CCc4ccccc4C3)c(C(=O)NCc3cccnc3)c2)cc1. The molecule has 0 aliphatic carbocycles. The number of aromatic nitrogens is 1. The third-order valence-electron chi connectivity index (χ3n) is 6.77. The smallest absolute Gasteiger partial charge is 0.255 e. The first kappa shape index (κ1) is 24.3. The second-order valence-corrected chi connectivity index (χ2v) is 9.22. The minimum Gasteiger partial charge on any atom is -0.366 e. The number of fused-ring (bicyclic) bond motifs is 1. The third kappa shape index (κ3) is 5.70. The molecule has 0 saturated carbocycles. The molecule has 1 aromatic heterocycles. The van der Waals surface area contributed by atoms with E-state index in [0.29, 0.717) is 23.4 Å². The summed E-state index contributed by atoms with van der Waals surface area (Å²) in [5, 5.41) is 5.98. The lowest BCUT2D eigenvalue weighted by molar-refractivity contribution is 0.0950. The lowest BCUT2D eigenvalue weighted by Gasteiger charge is -2.32. The number of anilines is 2. The molecule has 0 radical (unpaired) electrons. The first-order valence-electron chi connectivity index (χ1n) is 12.6. The van der Waals surface area contributed by atoms with Gasteiger partial charge in [-0.2, -0.15) is 0 Å². The first-order valence-corrected chi connectivity index (χ1v) is 12.6. The van der Waals surface area contributed by atoms with Gasteiger partial charge < -0.3 is 15.5 Å². The second-order valence-electron chi connectivity index (χ2n) is 9.22. The first-order chi connectivity index (χ1) is 18.1. The topological polar surface area (TPSA) is 74.3 Å². The van der Waals surface area contributed by atoms with E-state index in [9.17, 15) is 9.59 Å². The van der Waals surface area contributed by atoms with Crippen LogP contribution < -0.4 is 15.5 Å². The maximum Gasteiger partial charge on any atom is 0.255 e. The van der Waals surface area contributed by atoms with Crippen LogP contribution >= 0.6 is 0 Å². The van der Waals surface area contributed by atoms with Crippen molar-refractivity contribution < 1.29 is 9.59 Å². The molecule has 5 rings (SSSR count). The van der Waals surface area contributed by atoms with Crippen LogP contribution in [0.1, 0.15) is 49.9 Å². The van der Waals surface area contributed by atoms with Gasteiger partial charge in [0.05, 0.1) is 5.56 Å². The average Bonchev–Trinajstić information content (AvgIpc) is 2.96. The van der Waals surface area contributed by atoms with E-state index in [1.165, 1.54) is 16.7 Å². The zero-order valence-electron chi connectivity index (χ0n) is 20.9. The molecule has 0 bridgehead atoms. The molecular formula is C31H30N4O2. The Bertz CT molecular complexity index is 1400. The summed E-state index contributed by atoms with van der Waals surface area (Å²) < 4.78 is 0. The van der Waals surface area contributed by atoms with Crippen LogP contribution in [0.4, 0.5) is 11.4 Å². The Labute approximate surface area is 217 Å². The van der Waals surface area contributed by atoms with Crippen molar-refractivity contribution in [3.63, 3.8) is 0 Å². The van der Waals surface area contributed by atoms with E-state index in [0.717, 1.165) is 37.2 Å². The standard InChI is InChI=1S/C31H30N4O2/c1-2-22-9-11-25(12-10-22)30(36)34-27-13-14-29(35-17-15-24-7-3-4-8-26(24)21-35)28(18-27)31(37)33-20-23-6-5-16-32-19-23/h3-14,16,18-19H,2,15,17,20-21H2,1H3,(H,33,37)(H,34,36). The highest BCUT2D eigenvalue weighted by molar-refractivity contribution is 6.06. The van der Waals surface area contributed by atoms with Crippen LogP contribution in [0.15, 0.2) is 91.3 Å². The van der Waals surface area contributed by atoms with Gasteiger partial charge in [0.2, 0.25) is 0 Å². The van der Waals surface area contributed by atoms with Crippen LogP contribution in [-0.2, 0) is 25.9 Å². The number of rotatable bonds is 7. The fourth-order valence-electron chi connectivity index (χ4n) is 4.65. The maximum absolute atomic E-state index is 13.4. The summed E-state index contributed by atoms with van der Waals surface area (Å²) in [5.74, 6) is -0.398. The maximum atomic E-state index is 13.4. The quantitative estimate of drug-likeness (QED) is 0.364. The van der Waals surface area contributed by atoms with Gasteiger partial charge in [0.25, 0.3) is 11.8 Å². The number of hydrogen-bond donors (Lipinski definition) is 2. The average molecular weight is 491 g/mol. The Hall–Kier alpha value is -4.45. The summed E-state index contributed by atoms with van der Waals surface area (Å²) in [6, 6.07) is 25.4. The highest BCUT2D eigenvalue weighted by Crippen LogP contribution is 2.30. The fraction of sp³-hybridized carbons (Fsp3) is 0.194. The lowest BCUT2D eigenvalue weighted by Crippen LogP contribution is -2.33. The zero-order chi connectivity index (χ0) is 25.6. The van der Waals surface area contributed by atoms with Crippen LogP contribution in [0.25, 0.3) is 0 Å². The van der Waals surface area contributed by atoms with Crippen molar-refractivity contribution in [3.8, 4) is 0 Å². The monoisotopic (exact) mass is 490 g/mol. The van der Waals surface area contributed by atoms with Gasteiger partial charge in [-0.25, -0.2) is 0 Å². The summed E-state index contributed by atoms with van der Waals surface area (Å²) in [7, 11) is 0. The van der Waals surface area contributed by atoms with Crippen molar-refractivity contribution in [2.75, 3.05) is 16.8 Å². The summed E-state index contributed by atoms with van der Waals surface area (Å²) in [5.41, 5.74) is 7.25. The van der Waals surface area contributed by atoms with E-state index in [1.54, 1.807) is 18.5 Å². The van der Waals surface area contributed by atoms with Gasteiger partial charge in [0.15, 0.2) is 0 Å². The molecule has 186 valence electrons. The van der Waals surface area contributed by atoms with Crippen molar-refractivity contribution in [2.24, 2.45) is 0 Å². The van der Waals surface area contributed by atoms with Gasteiger partial charge in [-0.3, -0.25) is 14.6 Å². The van der Waals surface area contributed by atoms with Crippen molar-refractivity contribution in [3.05, 3.63) is 125 Å². The van der Waals surface area contributed by atoms with E-state index < -0.39 is 0 Å². The van der Waals surface area contributed by atoms with Crippen LogP contribution in [0.3, 0.4) is 0 Å². The van der Waals surface area contributed by atoms with Crippen LogP contribution in [0, 0.1) is 0 Å². The summed E-state index contributed by atoms with van der Waals surface area (Å²) >= 11 is 0. The molecule has 0 unspecified atom stereocenters. The minimum atomic E-state index is -0.205. The highest BCUT2D eigenvalue weighted by Gasteiger charge is 2.22. The number of pyridine rings is 1. The molecule has 6 nitrogen and oxygen atoms in total. The molecule has 0 atom stereocenters. The van der Waals surface area contributed by atoms with Crippen molar-refractivity contribution >= 4 is 23.2 Å². The zero-order valence-corrected chi connectivity index (χ0v) is 20.9. The Morgan fingerprint density at radius 1 is 0.892 bits per heavy atom. The molecule has 6 heteroatoms. The Morgan fingerprint density at radius 3 is 2.46 bits per heavy atom. The number of aryl methyl sites for hydroxylation is 1. The molecular weight excluding hydrogens is 460 g/mol. The number of carbonyl (C=O) groups is 2. The lowest BCUT2D eigenvalue weighted by atomic mass is 9.98. The van der Waals surface area contributed by atoms with Crippen molar-refractivity contribution in [2.45, 2.75) is 32.9 Å². The second kappa shape index (κ2) is 11.1. The van der Waals surface area contributed by atoms with Gasteiger partial charge in [0, 0.05) is 49.0 Å².